The molecule has 0 spiro atoms. The van der Waals surface area contributed by atoms with E-state index in [1.807, 2.05) is 0 Å². The monoisotopic (exact) mass is 241 g/mol. The molecule has 2 fully saturated rings. The minimum atomic E-state index is -0.186. The van der Waals surface area contributed by atoms with E-state index >= 15 is 0 Å². The number of nitrogens with zero attached hydrogens (tertiary/aromatic N) is 1. The van der Waals surface area contributed by atoms with E-state index in [-0.39, 0.29) is 11.4 Å². The van der Waals surface area contributed by atoms with E-state index in [1.54, 1.807) is 0 Å². The van der Waals surface area contributed by atoms with Crippen LogP contribution in [0.1, 0.15) is 25.7 Å². The lowest BCUT2D eigenvalue weighted by Crippen LogP contribution is -2.36. The molecule has 1 saturated carbocycles. The topological polar surface area (TPSA) is 38.8 Å². The zero-order valence-electron chi connectivity index (χ0n) is 10.9. The lowest BCUT2D eigenvalue weighted by Gasteiger charge is -2.29. The predicted molar refractivity (Wildman–Crippen MR) is 64.7 cm³/mol. The first-order chi connectivity index (χ1) is 8.16. The van der Waals surface area contributed by atoms with Crippen molar-refractivity contribution in [3.8, 4) is 0 Å². The van der Waals surface area contributed by atoms with Crippen LogP contribution >= 0.6 is 0 Å². The van der Waals surface area contributed by atoms with Crippen LogP contribution in [0.15, 0.2) is 0 Å². The van der Waals surface area contributed by atoms with Crippen LogP contribution in [0.3, 0.4) is 0 Å². The summed E-state index contributed by atoms with van der Waals surface area (Å²) < 4.78 is 10.2. The second-order valence-electron chi connectivity index (χ2n) is 5.52. The fourth-order valence-electron chi connectivity index (χ4n) is 2.75. The summed E-state index contributed by atoms with van der Waals surface area (Å²) in [4.78, 5) is 13.9. The van der Waals surface area contributed by atoms with Gasteiger partial charge in [0, 0.05) is 26.3 Å². The van der Waals surface area contributed by atoms with Crippen LogP contribution in [0.4, 0.5) is 0 Å². The molecule has 1 aliphatic heterocycles. The maximum Gasteiger partial charge on any atom is 0.313 e. The molecule has 0 amide bonds. The average molecular weight is 241 g/mol. The van der Waals surface area contributed by atoms with Crippen molar-refractivity contribution >= 4 is 5.97 Å². The predicted octanol–water partition coefficient (Wildman–Crippen LogP) is 1.30. The summed E-state index contributed by atoms with van der Waals surface area (Å²) in [6.45, 7) is 3.69. The van der Waals surface area contributed by atoms with Gasteiger partial charge in [0.15, 0.2) is 0 Å². The van der Waals surface area contributed by atoms with Crippen molar-refractivity contribution in [1.29, 1.82) is 0 Å². The van der Waals surface area contributed by atoms with Crippen molar-refractivity contribution < 1.29 is 14.3 Å². The summed E-state index contributed by atoms with van der Waals surface area (Å²) >= 11 is 0. The number of hydrogen-bond donors (Lipinski definition) is 0. The molecule has 0 aromatic heterocycles. The van der Waals surface area contributed by atoms with E-state index in [2.05, 4.69) is 11.9 Å². The molecule has 0 bridgehead atoms. The molecule has 0 N–H and O–H groups in total. The molecule has 0 aromatic carbocycles. The summed E-state index contributed by atoms with van der Waals surface area (Å²) in [7, 11) is 3.60. The largest absolute Gasteiger partial charge is 0.469 e. The quantitative estimate of drug-likeness (QED) is 0.680. The van der Waals surface area contributed by atoms with Crippen LogP contribution in [0.25, 0.3) is 0 Å². The van der Waals surface area contributed by atoms with Crippen LogP contribution < -0.4 is 0 Å². The number of ether oxygens (including phenoxy) is 2. The normalized spacial score (nSPS) is 23.7. The Kier molecular flexibility index (Phi) is 4.05. The van der Waals surface area contributed by atoms with E-state index in [0.717, 1.165) is 57.9 Å². The Morgan fingerprint density at radius 1 is 1.41 bits per heavy atom. The smallest absolute Gasteiger partial charge is 0.313 e. The highest BCUT2D eigenvalue weighted by molar-refractivity contribution is 5.80. The number of hydrogen-bond acceptors (Lipinski definition) is 4. The molecule has 2 rings (SSSR count). The van der Waals surface area contributed by atoms with Gasteiger partial charge in [0.1, 0.15) is 0 Å². The molecule has 0 aromatic rings. The molecule has 98 valence electrons. The first-order valence-corrected chi connectivity index (χ1v) is 6.51. The highest BCUT2D eigenvalue weighted by Gasteiger charge is 2.51. The van der Waals surface area contributed by atoms with E-state index in [1.165, 1.54) is 7.11 Å². The van der Waals surface area contributed by atoms with Gasteiger partial charge in [0.25, 0.3) is 0 Å². The first-order valence-electron chi connectivity index (χ1n) is 6.51. The molecular formula is C13H23NO3. The van der Waals surface area contributed by atoms with Crippen molar-refractivity contribution in [2.24, 2.45) is 11.3 Å². The summed E-state index contributed by atoms with van der Waals surface area (Å²) in [6, 6.07) is 0. The van der Waals surface area contributed by atoms with Crippen LogP contribution in [0.5, 0.6) is 0 Å². The highest BCUT2D eigenvalue weighted by Crippen LogP contribution is 2.47. The molecule has 1 saturated heterocycles. The van der Waals surface area contributed by atoms with Gasteiger partial charge in [-0.15, -0.1) is 0 Å². The van der Waals surface area contributed by atoms with Gasteiger partial charge in [-0.25, -0.2) is 0 Å². The van der Waals surface area contributed by atoms with Gasteiger partial charge >= 0.3 is 5.97 Å². The van der Waals surface area contributed by atoms with E-state index in [9.17, 15) is 4.79 Å². The Morgan fingerprint density at radius 2 is 2.06 bits per heavy atom. The molecular weight excluding hydrogens is 218 g/mol. The SMILES string of the molecule is COC(=O)C1(CN(C)CC2CCOCC2)CC1. The van der Waals surface area contributed by atoms with E-state index in [0.29, 0.717) is 0 Å². The van der Waals surface area contributed by atoms with Gasteiger partial charge in [-0.1, -0.05) is 0 Å². The third kappa shape index (κ3) is 3.19. The molecule has 0 atom stereocenters. The Balaban J connectivity index is 1.76. The lowest BCUT2D eigenvalue weighted by atomic mass is 9.99. The van der Waals surface area contributed by atoms with Gasteiger partial charge in [-0.2, -0.15) is 0 Å². The number of carbonyl (C=O) groups excluding carboxylic acids is 1. The highest BCUT2D eigenvalue weighted by atomic mass is 16.5. The number of rotatable bonds is 5. The maximum absolute atomic E-state index is 11.7. The summed E-state index contributed by atoms with van der Waals surface area (Å²) in [5.74, 6) is 0.693. The maximum atomic E-state index is 11.7. The average Bonchev–Trinajstić information content (AvgIpc) is 3.10. The van der Waals surface area contributed by atoms with Gasteiger partial charge in [-0.3, -0.25) is 4.79 Å². The summed E-state index contributed by atoms with van der Waals surface area (Å²) in [6.07, 6.45) is 4.26. The Labute approximate surface area is 103 Å². The van der Waals surface area contributed by atoms with Crippen LogP contribution in [-0.2, 0) is 14.3 Å². The fourth-order valence-corrected chi connectivity index (χ4v) is 2.75. The number of esters is 1. The van der Waals surface area contributed by atoms with E-state index < -0.39 is 0 Å². The number of methoxy groups -OCH3 is 1. The Bertz CT molecular complexity index is 270. The molecule has 0 unspecified atom stereocenters. The van der Waals surface area contributed by atoms with Crippen LogP contribution in [0, 0.1) is 11.3 Å². The molecule has 4 nitrogen and oxygen atoms in total. The van der Waals surface area contributed by atoms with Gasteiger partial charge in [-0.05, 0) is 38.6 Å². The summed E-state index contributed by atoms with van der Waals surface area (Å²) in [5, 5.41) is 0. The Hall–Kier alpha value is -0.610. The van der Waals surface area contributed by atoms with Gasteiger partial charge in [0.2, 0.25) is 0 Å². The lowest BCUT2D eigenvalue weighted by molar-refractivity contribution is -0.147. The molecule has 1 heterocycles. The second kappa shape index (κ2) is 5.36. The van der Waals surface area contributed by atoms with Crippen molar-refractivity contribution in [2.45, 2.75) is 25.7 Å². The Morgan fingerprint density at radius 3 is 2.59 bits per heavy atom. The van der Waals surface area contributed by atoms with Crippen LogP contribution in [0.2, 0.25) is 0 Å². The van der Waals surface area contributed by atoms with Crippen molar-refractivity contribution in [3.63, 3.8) is 0 Å². The minimum absolute atomic E-state index is 0.0312. The number of carbonyl (C=O) groups is 1. The van der Waals surface area contributed by atoms with Crippen LogP contribution in [-0.4, -0.2) is 51.3 Å². The van der Waals surface area contributed by atoms with Gasteiger partial charge in [0.05, 0.1) is 12.5 Å². The molecule has 17 heavy (non-hydrogen) atoms. The van der Waals surface area contributed by atoms with Crippen molar-refractivity contribution in [2.75, 3.05) is 40.5 Å². The fraction of sp³-hybridized carbons (Fsp3) is 0.923. The van der Waals surface area contributed by atoms with Crippen molar-refractivity contribution in [3.05, 3.63) is 0 Å². The molecule has 4 heteroatoms. The van der Waals surface area contributed by atoms with Crippen molar-refractivity contribution in [1.82, 2.24) is 4.90 Å². The van der Waals surface area contributed by atoms with Gasteiger partial charge < -0.3 is 14.4 Å². The zero-order valence-corrected chi connectivity index (χ0v) is 10.9. The zero-order chi connectivity index (χ0) is 12.3. The molecule has 1 aliphatic carbocycles. The first kappa shape index (κ1) is 12.8. The molecule has 0 radical (unpaired) electrons. The third-order valence-electron chi connectivity index (χ3n) is 3.96. The molecule has 2 aliphatic rings. The third-order valence-corrected chi connectivity index (χ3v) is 3.96. The minimum Gasteiger partial charge on any atom is -0.469 e. The standard InChI is InChI=1S/C13H23NO3/c1-14(9-11-3-7-17-8-4-11)10-13(5-6-13)12(15)16-2/h11H,3-10H2,1-2H3. The van der Waals surface area contributed by atoms with E-state index in [4.69, 9.17) is 9.47 Å². The second-order valence-corrected chi connectivity index (χ2v) is 5.52. The summed E-state index contributed by atoms with van der Waals surface area (Å²) in [5.41, 5.74) is -0.186.